The molecule has 0 fully saturated rings. The Labute approximate surface area is 239 Å². The first kappa shape index (κ1) is 26.0. The zero-order chi connectivity index (χ0) is 28.7. The number of halogens is 1. The number of aryl methyl sites for hydroxylation is 1. The first-order chi connectivity index (χ1) is 19.9. The lowest BCUT2D eigenvalue weighted by atomic mass is 9.94. The van der Waals surface area contributed by atoms with Gasteiger partial charge >= 0.3 is 0 Å². The zero-order valence-corrected chi connectivity index (χ0v) is 22.9. The highest BCUT2D eigenvalue weighted by atomic mass is 35.5. The number of para-hydroxylation sites is 1. The summed E-state index contributed by atoms with van der Waals surface area (Å²) in [7, 11) is 0. The Morgan fingerprint density at radius 2 is 1.78 bits per heavy atom. The molecule has 41 heavy (non-hydrogen) atoms. The lowest BCUT2D eigenvalue weighted by Gasteiger charge is -2.24. The number of hydrogen-bond donors (Lipinski definition) is 2. The lowest BCUT2D eigenvalue weighted by Crippen LogP contribution is -2.27. The van der Waals surface area contributed by atoms with E-state index in [2.05, 4.69) is 26.3 Å². The van der Waals surface area contributed by atoms with Gasteiger partial charge in [-0.15, -0.1) is 0 Å². The second-order valence-electron chi connectivity index (χ2n) is 9.70. The summed E-state index contributed by atoms with van der Waals surface area (Å²) in [6.07, 6.45) is 2.90. The highest BCUT2D eigenvalue weighted by Gasteiger charge is 2.24. The second kappa shape index (κ2) is 10.4. The molecule has 0 aliphatic rings. The van der Waals surface area contributed by atoms with E-state index in [0.29, 0.717) is 49.6 Å². The predicted molar refractivity (Wildman–Crippen MR) is 162 cm³/mol. The van der Waals surface area contributed by atoms with Crippen LogP contribution in [0.15, 0.2) is 94.9 Å². The number of nitrogens with zero attached hydrogens (tertiary/aromatic N) is 4. The monoisotopic (exact) mass is 558 g/mol. The number of fused-ring (bicyclic) bond motifs is 2. The molecule has 0 radical (unpaired) electrons. The second-order valence-corrected chi connectivity index (χ2v) is 10.1. The maximum absolute atomic E-state index is 14.5. The Morgan fingerprint density at radius 3 is 2.54 bits per heavy atom. The van der Waals surface area contributed by atoms with E-state index in [9.17, 15) is 14.9 Å². The molecule has 3 heterocycles. The van der Waals surface area contributed by atoms with Crippen LogP contribution in [0.25, 0.3) is 38.6 Å². The van der Waals surface area contributed by atoms with Crippen molar-refractivity contribution in [3.63, 3.8) is 0 Å². The van der Waals surface area contributed by atoms with Crippen LogP contribution in [-0.2, 0) is 0 Å². The van der Waals surface area contributed by atoms with Gasteiger partial charge in [-0.05, 0) is 54.8 Å². The molecule has 0 aliphatic carbocycles. The number of benzene rings is 3. The first-order valence-corrected chi connectivity index (χ1v) is 13.3. The van der Waals surface area contributed by atoms with Gasteiger partial charge in [0.05, 0.1) is 33.8 Å². The van der Waals surface area contributed by atoms with Crippen LogP contribution < -0.4 is 16.3 Å². The van der Waals surface area contributed by atoms with Gasteiger partial charge < -0.3 is 10.3 Å². The normalized spacial score (nSPS) is 11.9. The van der Waals surface area contributed by atoms with Crippen molar-refractivity contribution in [1.82, 2.24) is 19.5 Å². The maximum atomic E-state index is 14.5. The van der Waals surface area contributed by atoms with Gasteiger partial charge in [-0.1, -0.05) is 54.1 Å². The zero-order valence-electron chi connectivity index (χ0n) is 22.1. The van der Waals surface area contributed by atoms with Crippen molar-refractivity contribution in [2.75, 3.05) is 5.32 Å². The molecule has 9 heteroatoms. The number of H-pyrrole nitrogens is 1. The third kappa shape index (κ3) is 4.42. The van der Waals surface area contributed by atoms with Crippen molar-refractivity contribution < 1.29 is 0 Å². The maximum Gasteiger partial charge on any atom is 0.263 e. The van der Waals surface area contributed by atoms with Gasteiger partial charge in [0.25, 0.3) is 5.56 Å². The minimum atomic E-state index is -0.544. The average molecular weight is 559 g/mol. The third-order valence-corrected chi connectivity index (χ3v) is 7.55. The number of pyridine rings is 2. The van der Waals surface area contributed by atoms with Crippen LogP contribution in [0.1, 0.15) is 29.8 Å². The Balaban J connectivity index is 1.62. The van der Waals surface area contributed by atoms with E-state index in [1.165, 1.54) is 18.6 Å². The van der Waals surface area contributed by atoms with Gasteiger partial charge in [-0.3, -0.25) is 14.2 Å². The summed E-state index contributed by atoms with van der Waals surface area (Å²) in [5.41, 5.74) is 4.06. The van der Waals surface area contributed by atoms with Gasteiger partial charge in [0.2, 0.25) is 0 Å². The minimum Gasteiger partial charge on any atom is -0.361 e. The number of hydrogen-bond acceptors (Lipinski definition) is 6. The molecule has 6 aromatic rings. The summed E-state index contributed by atoms with van der Waals surface area (Å²) < 4.78 is 1.61. The van der Waals surface area contributed by atoms with Crippen LogP contribution in [-0.4, -0.2) is 19.5 Å². The van der Waals surface area contributed by atoms with E-state index >= 15 is 0 Å². The van der Waals surface area contributed by atoms with Crippen LogP contribution >= 0.6 is 11.6 Å². The van der Waals surface area contributed by atoms with Gasteiger partial charge in [0, 0.05) is 23.3 Å². The molecule has 0 aliphatic heterocycles. The fourth-order valence-electron chi connectivity index (χ4n) is 5.29. The number of anilines is 1. The molecule has 3 aromatic carbocycles. The van der Waals surface area contributed by atoms with Gasteiger partial charge in [0.15, 0.2) is 5.43 Å². The molecule has 8 nitrogen and oxygen atoms in total. The Hall–Kier alpha value is -5.26. The molecule has 0 bridgehead atoms. The van der Waals surface area contributed by atoms with Crippen LogP contribution in [0, 0.1) is 18.3 Å². The number of aromatic amines is 1. The van der Waals surface area contributed by atoms with Crippen molar-refractivity contribution in [1.29, 1.82) is 5.26 Å². The Kier molecular flexibility index (Phi) is 6.58. The highest BCUT2D eigenvalue weighted by molar-refractivity contribution is 6.36. The number of nitriles is 1. The van der Waals surface area contributed by atoms with Crippen molar-refractivity contribution in [3.8, 4) is 22.9 Å². The molecular formula is C32H23ClN6O2. The largest absolute Gasteiger partial charge is 0.361 e. The molecule has 200 valence electrons. The fourth-order valence-corrected chi connectivity index (χ4v) is 5.70. The molecule has 3 aromatic heterocycles. The Bertz CT molecular complexity index is 2120. The van der Waals surface area contributed by atoms with Gasteiger partial charge in [-0.2, -0.15) is 5.26 Å². The van der Waals surface area contributed by atoms with Crippen LogP contribution in [0.5, 0.6) is 0 Å². The minimum absolute atomic E-state index is 0.235. The van der Waals surface area contributed by atoms with Crippen LogP contribution in [0.2, 0.25) is 5.02 Å². The molecule has 1 atom stereocenters. The summed E-state index contributed by atoms with van der Waals surface area (Å²) in [6, 6.07) is 23.3. The average Bonchev–Trinajstić information content (AvgIpc) is 2.99. The van der Waals surface area contributed by atoms with Crippen molar-refractivity contribution in [3.05, 3.63) is 128 Å². The molecule has 0 saturated carbocycles. The lowest BCUT2D eigenvalue weighted by molar-refractivity contribution is 0.774. The molecule has 2 N–H and O–H groups in total. The van der Waals surface area contributed by atoms with Crippen molar-refractivity contribution >= 4 is 39.2 Å². The topological polar surface area (TPSA) is 116 Å². The molecule has 0 spiro atoms. The molecule has 0 unspecified atom stereocenters. The van der Waals surface area contributed by atoms with E-state index in [4.69, 9.17) is 11.6 Å². The van der Waals surface area contributed by atoms with E-state index in [0.717, 1.165) is 16.7 Å². The predicted octanol–water partition coefficient (Wildman–Crippen LogP) is 6.30. The van der Waals surface area contributed by atoms with E-state index in [1.54, 1.807) is 16.7 Å². The molecular weight excluding hydrogens is 536 g/mol. The summed E-state index contributed by atoms with van der Waals surface area (Å²) >= 11 is 7.18. The number of nitrogens with one attached hydrogen (secondary N) is 2. The number of aromatic nitrogens is 4. The van der Waals surface area contributed by atoms with Crippen LogP contribution in [0.4, 0.5) is 5.82 Å². The Morgan fingerprint density at radius 1 is 0.976 bits per heavy atom. The van der Waals surface area contributed by atoms with Gasteiger partial charge in [-0.25, -0.2) is 9.97 Å². The van der Waals surface area contributed by atoms with Gasteiger partial charge in [0.1, 0.15) is 23.2 Å². The molecule has 6 rings (SSSR count). The van der Waals surface area contributed by atoms with E-state index in [-0.39, 0.29) is 11.0 Å². The fraction of sp³-hybridized carbons (Fsp3) is 0.0938. The SMILES string of the molecule is Cc1cc(C#N)ccc1-c1cccc2c(Cl)c([C@H](C)Nc3ncnc4[nH]ccc(=O)c34)n(-c3ccccc3)c(=O)c12. The van der Waals surface area contributed by atoms with E-state index in [1.807, 2.05) is 68.4 Å². The van der Waals surface area contributed by atoms with E-state index < -0.39 is 6.04 Å². The smallest absolute Gasteiger partial charge is 0.263 e. The summed E-state index contributed by atoms with van der Waals surface area (Å²) in [4.78, 5) is 38.7. The highest BCUT2D eigenvalue weighted by Crippen LogP contribution is 2.37. The quantitative estimate of drug-likeness (QED) is 0.256. The van der Waals surface area contributed by atoms with Crippen molar-refractivity contribution in [2.45, 2.75) is 19.9 Å². The molecule has 0 amide bonds. The third-order valence-electron chi connectivity index (χ3n) is 7.16. The first-order valence-electron chi connectivity index (χ1n) is 12.9. The standard InChI is InChI=1S/C32H23ClN6O2/c1-18-15-20(16-34)11-12-22(18)23-9-6-10-24-26(23)32(41)39(21-7-4-3-5-8-21)29(28(24)33)19(2)38-31-27-25(40)13-14-35-30(27)36-17-37-31/h3-15,17,19H,1-2H3,(H2,35,36,37,38,40)/t19-/m0/s1. The summed E-state index contributed by atoms with van der Waals surface area (Å²) in [5, 5.41) is 14.4. The number of rotatable bonds is 5. The summed E-state index contributed by atoms with van der Waals surface area (Å²) in [6.45, 7) is 3.78. The molecule has 0 saturated heterocycles. The summed E-state index contributed by atoms with van der Waals surface area (Å²) in [5.74, 6) is 0.328. The van der Waals surface area contributed by atoms with Crippen molar-refractivity contribution in [2.24, 2.45) is 0 Å². The van der Waals surface area contributed by atoms with Crippen LogP contribution in [0.3, 0.4) is 0 Å².